The number of esters is 1. The molecule has 0 bridgehead atoms. The molecule has 0 aliphatic heterocycles. The number of nitrogen functional groups attached to an aromatic ring is 1. The van der Waals surface area contributed by atoms with E-state index in [-0.39, 0.29) is 25.5 Å². The van der Waals surface area contributed by atoms with Gasteiger partial charge in [-0.25, -0.2) is 4.98 Å². The number of rotatable bonds is 9. The summed E-state index contributed by atoms with van der Waals surface area (Å²) < 4.78 is 10.7. The molecule has 0 atom stereocenters. The highest BCUT2D eigenvalue weighted by atomic mass is 16.6. The fourth-order valence-corrected chi connectivity index (χ4v) is 3.59. The van der Waals surface area contributed by atoms with Crippen LogP contribution in [0.5, 0.6) is 0 Å². The van der Waals surface area contributed by atoms with Gasteiger partial charge in [0.2, 0.25) is 0 Å². The smallest absolute Gasteiger partial charge is 0.307 e. The number of ether oxygens (including phenoxy) is 2. The van der Waals surface area contributed by atoms with Crippen LogP contribution in [-0.2, 0) is 20.9 Å². The lowest BCUT2D eigenvalue weighted by atomic mass is 10.1. The lowest BCUT2D eigenvalue weighted by molar-refractivity contribution is -0.145. The van der Waals surface area contributed by atoms with Crippen LogP contribution >= 0.6 is 0 Å². The number of nitrogens with two attached hydrogens (primary N) is 2. The molecular weight excluding hydrogens is 404 g/mol. The van der Waals surface area contributed by atoms with E-state index in [1.54, 1.807) is 0 Å². The van der Waals surface area contributed by atoms with Crippen LogP contribution in [-0.4, -0.2) is 30.7 Å². The maximum Gasteiger partial charge on any atom is 0.307 e. The second kappa shape index (κ2) is 10.1. The number of hydrogen-bond donors (Lipinski definition) is 3. The second-order valence-electron chi connectivity index (χ2n) is 7.42. The largest absolute Gasteiger partial charge is 0.463 e. The average molecular weight is 431 g/mol. The third-order valence-corrected chi connectivity index (χ3v) is 4.98. The number of anilines is 3. The van der Waals surface area contributed by atoms with Gasteiger partial charge in [-0.05, 0) is 35.9 Å². The van der Waals surface area contributed by atoms with Gasteiger partial charge in [-0.15, -0.1) is 0 Å². The number of fused-ring (bicyclic) bond motifs is 2. The van der Waals surface area contributed by atoms with Gasteiger partial charge in [-0.3, -0.25) is 4.79 Å². The van der Waals surface area contributed by atoms with Crippen LogP contribution in [0.3, 0.4) is 0 Å². The van der Waals surface area contributed by atoms with Gasteiger partial charge in [0, 0.05) is 28.7 Å². The lowest BCUT2D eigenvalue weighted by Crippen LogP contribution is -2.14. The first-order valence-electron chi connectivity index (χ1n) is 10.5. The SMILES string of the molecule is NCCC(=O)OCCOCc1cc(N)cc(Nc2c3ccccc3nc3ccccc23)c1. The molecule has 164 valence electrons. The Bertz CT molecular complexity index is 1190. The monoisotopic (exact) mass is 430 g/mol. The number of nitrogens with one attached hydrogen (secondary N) is 1. The molecule has 7 nitrogen and oxygen atoms in total. The minimum atomic E-state index is -0.316. The molecule has 3 aromatic carbocycles. The first-order chi connectivity index (χ1) is 15.6. The molecule has 4 aromatic rings. The highest BCUT2D eigenvalue weighted by molar-refractivity contribution is 6.08. The molecule has 1 heterocycles. The first kappa shape index (κ1) is 21.5. The minimum Gasteiger partial charge on any atom is -0.463 e. The van der Waals surface area contributed by atoms with Crippen molar-refractivity contribution < 1.29 is 14.3 Å². The zero-order valence-corrected chi connectivity index (χ0v) is 17.7. The number of benzene rings is 3. The van der Waals surface area contributed by atoms with Crippen molar-refractivity contribution in [2.75, 3.05) is 30.8 Å². The molecule has 0 saturated carbocycles. The number of carbonyl (C=O) groups excluding carboxylic acids is 1. The molecule has 0 unspecified atom stereocenters. The van der Waals surface area contributed by atoms with Crippen molar-refractivity contribution in [3.05, 3.63) is 72.3 Å². The van der Waals surface area contributed by atoms with Crippen molar-refractivity contribution in [2.45, 2.75) is 13.0 Å². The molecule has 7 heteroatoms. The zero-order valence-electron chi connectivity index (χ0n) is 17.7. The van der Waals surface area contributed by atoms with Crippen molar-refractivity contribution in [1.82, 2.24) is 4.98 Å². The van der Waals surface area contributed by atoms with Crippen molar-refractivity contribution in [3.8, 4) is 0 Å². The predicted molar refractivity (Wildman–Crippen MR) is 128 cm³/mol. The summed E-state index contributed by atoms with van der Waals surface area (Å²) >= 11 is 0. The summed E-state index contributed by atoms with van der Waals surface area (Å²) in [5, 5.41) is 5.61. The molecular formula is C25H26N4O3. The second-order valence-corrected chi connectivity index (χ2v) is 7.42. The maximum atomic E-state index is 11.3. The summed E-state index contributed by atoms with van der Waals surface area (Å²) in [5.74, 6) is -0.316. The molecule has 0 saturated heterocycles. The van der Waals surface area contributed by atoms with Crippen molar-refractivity contribution in [1.29, 1.82) is 0 Å². The van der Waals surface area contributed by atoms with Gasteiger partial charge < -0.3 is 26.3 Å². The minimum absolute atomic E-state index is 0.196. The number of pyridine rings is 1. The topological polar surface area (TPSA) is 112 Å². The van der Waals surface area contributed by atoms with Crippen LogP contribution in [0.4, 0.5) is 17.1 Å². The normalized spacial score (nSPS) is 11.0. The Labute approximate surface area is 186 Å². The molecule has 0 spiro atoms. The van der Waals surface area contributed by atoms with Gasteiger partial charge in [0.15, 0.2) is 0 Å². The fraction of sp³-hybridized carbons (Fsp3) is 0.200. The van der Waals surface area contributed by atoms with Crippen molar-refractivity contribution >= 4 is 44.8 Å². The number of carbonyl (C=O) groups is 1. The van der Waals surface area contributed by atoms with Crippen molar-refractivity contribution in [3.63, 3.8) is 0 Å². The van der Waals surface area contributed by atoms with Gasteiger partial charge in [0.1, 0.15) is 6.61 Å². The standard InChI is InChI=1S/C25H26N4O3/c26-10-9-24(30)32-12-11-31-16-17-13-18(27)15-19(14-17)28-25-20-5-1-3-7-22(20)29-23-8-4-2-6-21(23)25/h1-8,13-15H,9-12,16,26-27H2,(H,28,29). The molecule has 5 N–H and O–H groups in total. The summed E-state index contributed by atoms with van der Waals surface area (Å²) in [5.41, 5.74) is 16.7. The number of para-hydroxylation sites is 2. The van der Waals surface area contributed by atoms with E-state index in [4.69, 9.17) is 25.9 Å². The lowest BCUT2D eigenvalue weighted by Gasteiger charge is -2.15. The van der Waals surface area contributed by atoms with Gasteiger partial charge in [-0.2, -0.15) is 0 Å². The number of nitrogens with zero attached hydrogens (tertiary/aromatic N) is 1. The van der Waals surface area contributed by atoms with E-state index in [1.165, 1.54) is 0 Å². The van der Waals surface area contributed by atoms with E-state index in [2.05, 4.69) is 17.4 Å². The van der Waals surface area contributed by atoms with E-state index < -0.39 is 0 Å². The Morgan fingerprint density at radius 1 is 0.938 bits per heavy atom. The molecule has 0 amide bonds. The van der Waals surface area contributed by atoms with Crippen LogP contribution in [0.25, 0.3) is 21.8 Å². The van der Waals surface area contributed by atoms with Gasteiger partial charge in [-0.1, -0.05) is 36.4 Å². The molecule has 0 radical (unpaired) electrons. The van der Waals surface area contributed by atoms with Crippen LogP contribution in [0.1, 0.15) is 12.0 Å². The molecule has 0 aliphatic rings. The molecule has 0 fully saturated rings. The maximum absolute atomic E-state index is 11.3. The summed E-state index contributed by atoms with van der Waals surface area (Å²) in [4.78, 5) is 16.1. The van der Waals surface area contributed by atoms with E-state index in [1.807, 2.05) is 54.6 Å². The molecule has 32 heavy (non-hydrogen) atoms. The summed E-state index contributed by atoms with van der Waals surface area (Å²) in [6.45, 7) is 1.13. The van der Waals surface area contributed by atoms with Crippen molar-refractivity contribution in [2.24, 2.45) is 5.73 Å². The van der Waals surface area contributed by atoms with Crippen LogP contribution < -0.4 is 16.8 Å². The van der Waals surface area contributed by atoms with Crippen LogP contribution in [0, 0.1) is 0 Å². The van der Waals surface area contributed by atoms with Crippen LogP contribution in [0.2, 0.25) is 0 Å². The fourth-order valence-electron chi connectivity index (χ4n) is 3.59. The Hall–Kier alpha value is -3.68. The van der Waals surface area contributed by atoms with Gasteiger partial charge in [0.05, 0.1) is 36.4 Å². The first-order valence-corrected chi connectivity index (χ1v) is 10.5. The Morgan fingerprint density at radius 2 is 1.62 bits per heavy atom. The summed E-state index contributed by atoms with van der Waals surface area (Å²) in [6.07, 6.45) is 0.211. The Morgan fingerprint density at radius 3 is 2.31 bits per heavy atom. The molecule has 1 aromatic heterocycles. The van der Waals surface area contributed by atoms with E-state index >= 15 is 0 Å². The number of hydrogen-bond acceptors (Lipinski definition) is 7. The third kappa shape index (κ3) is 5.14. The van der Waals surface area contributed by atoms with E-state index in [9.17, 15) is 4.79 Å². The summed E-state index contributed by atoms with van der Waals surface area (Å²) in [6, 6.07) is 21.9. The third-order valence-electron chi connectivity index (χ3n) is 4.98. The van der Waals surface area contributed by atoms with E-state index in [0.29, 0.717) is 18.9 Å². The Balaban J connectivity index is 1.52. The quantitative estimate of drug-likeness (QED) is 0.158. The molecule has 0 aliphatic carbocycles. The zero-order chi connectivity index (χ0) is 22.3. The molecule has 4 rings (SSSR count). The van der Waals surface area contributed by atoms with Gasteiger partial charge >= 0.3 is 5.97 Å². The van der Waals surface area contributed by atoms with E-state index in [0.717, 1.165) is 38.7 Å². The van der Waals surface area contributed by atoms with Crippen LogP contribution in [0.15, 0.2) is 66.7 Å². The Kier molecular flexibility index (Phi) is 6.79. The summed E-state index contributed by atoms with van der Waals surface area (Å²) in [7, 11) is 0. The van der Waals surface area contributed by atoms with Gasteiger partial charge in [0.25, 0.3) is 0 Å². The average Bonchev–Trinajstić information content (AvgIpc) is 2.78. The highest BCUT2D eigenvalue weighted by Crippen LogP contribution is 2.33. The number of aromatic nitrogens is 1. The highest BCUT2D eigenvalue weighted by Gasteiger charge is 2.10. The predicted octanol–water partition coefficient (Wildman–Crippen LogP) is 4.12.